The number of aliphatic carboxylic acids is 1. The van der Waals surface area contributed by atoms with E-state index in [1.165, 1.54) is 6.07 Å². The standard InChI is InChI=1S/C11H12F2O3S/c12-10(13)4-3-7(6-10)11(16,9(14)15)8-2-1-5-17-8/h1-2,5,7,16H,3-4,6H2,(H,14,15)/t7-,11+/m1/s1. The van der Waals surface area contributed by atoms with Gasteiger partial charge in [0, 0.05) is 23.6 Å². The molecular formula is C11H12F2O3S. The van der Waals surface area contributed by atoms with Crippen LogP contribution in [0, 0.1) is 5.92 Å². The minimum Gasteiger partial charge on any atom is -0.479 e. The van der Waals surface area contributed by atoms with Gasteiger partial charge in [0.05, 0.1) is 0 Å². The minimum atomic E-state index is -2.87. The number of aliphatic hydroxyl groups is 1. The summed E-state index contributed by atoms with van der Waals surface area (Å²) in [6.45, 7) is 0. The van der Waals surface area contributed by atoms with Crippen LogP contribution >= 0.6 is 11.3 Å². The number of thiophene rings is 1. The summed E-state index contributed by atoms with van der Waals surface area (Å²) in [6.07, 6.45) is -0.917. The molecule has 0 spiro atoms. The molecule has 1 aliphatic rings. The highest BCUT2D eigenvalue weighted by molar-refractivity contribution is 7.10. The topological polar surface area (TPSA) is 57.5 Å². The van der Waals surface area contributed by atoms with E-state index in [0.29, 0.717) is 0 Å². The van der Waals surface area contributed by atoms with Crippen molar-refractivity contribution in [2.45, 2.75) is 30.8 Å². The lowest BCUT2D eigenvalue weighted by atomic mass is 9.84. The molecule has 2 N–H and O–H groups in total. The molecule has 94 valence electrons. The van der Waals surface area contributed by atoms with E-state index in [4.69, 9.17) is 5.11 Å². The van der Waals surface area contributed by atoms with Crippen LogP contribution in [0.1, 0.15) is 24.1 Å². The summed E-state index contributed by atoms with van der Waals surface area (Å²) in [5.74, 6) is -5.26. The molecule has 0 aromatic carbocycles. The predicted molar refractivity (Wildman–Crippen MR) is 58.1 cm³/mol. The normalized spacial score (nSPS) is 26.6. The van der Waals surface area contributed by atoms with E-state index in [-0.39, 0.29) is 17.7 Å². The number of hydrogen-bond donors (Lipinski definition) is 2. The Bertz CT molecular complexity index is 418. The van der Waals surface area contributed by atoms with Crippen molar-refractivity contribution in [2.24, 2.45) is 5.92 Å². The van der Waals surface area contributed by atoms with Crippen LogP contribution in [-0.4, -0.2) is 22.1 Å². The summed E-state index contributed by atoms with van der Waals surface area (Å²) in [6, 6.07) is 3.07. The molecule has 2 rings (SSSR count). The number of alkyl halides is 2. The van der Waals surface area contributed by atoms with Crippen molar-refractivity contribution in [1.29, 1.82) is 0 Å². The number of hydrogen-bond acceptors (Lipinski definition) is 3. The summed E-state index contributed by atoms with van der Waals surface area (Å²) in [5.41, 5.74) is -2.19. The molecule has 1 aliphatic carbocycles. The van der Waals surface area contributed by atoms with Gasteiger partial charge in [-0.05, 0) is 17.9 Å². The van der Waals surface area contributed by atoms with Gasteiger partial charge in [0.1, 0.15) is 0 Å². The first-order valence-corrected chi connectivity index (χ1v) is 6.12. The Kier molecular flexibility index (Phi) is 2.95. The highest BCUT2D eigenvalue weighted by Gasteiger charge is 2.54. The number of carboxylic acids is 1. The molecule has 17 heavy (non-hydrogen) atoms. The van der Waals surface area contributed by atoms with Gasteiger partial charge in [-0.3, -0.25) is 0 Å². The fourth-order valence-electron chi connectivity index (χ4n) is 2.28. The van der Waals surface area contributed by atoms with E-state index in [0.717, 1.165) is 11.3 Å². The van der Waals surface area contributed by atoms with Crippen LogP contribution in [0.15, 0.2) is 17.5 Å². The zero-order valence-electron chi connectivity index (χ0n) is 8.90. The van der Waals surface area contributed by atoms with Gasteiger partial charge in [-0.1, -0.05) is 6.07 Å². The lowest BCUT2D eigenvalue weighted by molar-refractivity contribution is -0.167. The molecule has 0 unspecified atom stereocenters. The first-order chi connectivity index (χ1) is 7.86. The Morgan fingerprint density at radius 3 is 2.71 bits per heavy atom. The van der Waals surface area contributed by atoms with Crippen LogP contribution in [0.3, 0.4) is 0 Å². The molecule has 1 heterocycles. The van der Waals surface area contributed by atoms with Gasteiger partial charge in [0.25, 0.3) is 0 Å². The van der Waals surface area contributed by atoms with Crippen LogP contribution in [0.25, 0.3) is 0 Å². The summed E-state index contributed by atoms with van der Waals surface area (Å²) < 4.78 is 26.3. The monoisotopic (exact) mass is 262 g/mol. The second kappa shape index (κ2) is 4.03. The fraction of sp³-hybridized carbons (Fsp3) is 0.545. The molecule has 1 aromatic heterocycles. The van der Waals surface area contributed by atoms with Gasteiger partial charge in [-0.25, -0.2) is 13.6 Å². The molecule has 3 nitrogen and oxygen atoms in total. The predicted octanol–water partition coefficient (Wildman–Crippen LogP) is 2.46. The second-order valence-electron chi connectivity index (χ2n) is 4.34. The molecule has 1 saturated carbocycles. The van der Waals surface area contributed by atoms with Crippen LogP contribution in [-0.2, 0) is 10.4 Å². The van der Waals surface area contributed by atoms with Crippen molar-refractivity contribution in [3.63, 3.8) is 0 Å². The van der Waals surface area contributed by atoms with E-state index < -0.39 is 29.8 Å². The lowest BCUT2D eigenvalue weighted by Crippen LogP contribution is -2.42. The van der Waals surface area contributed by atoms with Crippen LogP contribution < -0.4 is 0 Å². The van der Waals surface area contributed by atoms with Crippen molar-refractivity contribution in [1.82, 2.24) is 0 Å². The first kappa shape index (κ1) is 12.4. The van der Waals surface area contributed by atoms with Gasteiger partial charge in [-0.15, -0.1) is 11.3 Å². The molecular weight excluding hydrogens is 250 g/mol. The van der Waals surface area contributed by atoms with Gasteiger partial charge < -0.3 is 10.2 Å². The maximum atomic E-state index is 13.1. The summed E-state index contributed by atoms with van der Waals surface area (Å²) >= 11 is 1.07. The number of carboxylic acid groups (broad SMARTS) is 1. The zero-order valence-corrected chi connectivity index (χ0v) is 9.71. The van der Waals surface area contributed by atoms with E-state index >= 15 is 0 Å². The maximum Gasteiger partial charge on any atom is 0.341 e. The smallest absolute Gasteiger partial charge is 0.341 e. The molecule has 0 amide bonds. The van der Waals surface area contributed by atoms with Crippen molar-refractivity contribution in [2.75, 3.05) is 0 Å². The van der Waals surface area contributed by atoms with E-state index in [1.807, 2.05) is 0 Å². The summed E-state index contributed by atoms with van der Waals surface area (Å²) in [4.78, 5) is 11.4. The molecule has 0 bridgehead atoms. The average Bonchev–Trinajstić information content (AvgIpc) is 2.85. The molecule has 1 aromatic rings. The van der Waals surface area contributed by atoms with Crippen molar-refractivity contribution in [3.8, 4) is 0 Å². The minimum absolute atomic E-state index is 0.0215. The van der Waals surface area contributed by atoms with Crippen LogP contribution in [0.2, 0.25) is 0 Å². The Labute approximate surface area is 101 Å². The SMILES string of the molecule is O=C(O)[C@@](O)(c1cccs1)[C@@H]1CCC(F)(F)C1. The van der Waals surface area contributed by atoms with Crippen molar-refractivity contribution >= 4 is 17.3 Å². The molecule has 0 saturated heterocycles. The summed E-state index contributed by atoms with van der Waals surface area (Å²) in [7, 11) is 0. The van der Waals surface area contributed by atoms with E-state index in [1.54, 1.807) is 11.4 Å². The van der Waals surface area contributed by atoms with Crippen molar-refractivity contribution < 1.29 is 23.8 Å². The molecule has 6 heteroatoms. The largest absolute Gasteiger partial charge is 0.479 e. The van der Waals surface area contributed by atoms with E-state index in [9.17, 15) is 18.7 Å². The lowest BCUT2D eigenvalue weighted by Gasteiger charge is -2.28. The van der Waals surface area contributed by atoms with Crippen LogP contribution in [0.4, 0.5) is 8.78 Å². The Balaban J connectivity index is 2.34. The van der Waals surface area contributed by atoms with Crippen LogP contribution in [0.5, 0.6) is 0 Å². The molecule has 0 radical (unpaired) electrons. The quantitative estimate of drug-likeness (QED) is 0.879. The number of carbonyl (C=O) groups is 1. The molecule has 2 atom stereocenters. The fourth-order valence-corrected chi connectivity index (χ4v) is 3.18. The third-order valence-electron chi connectivity index (χ3n) is 3.22. The third kappa shape index (κ3) is 2.07. The Morgan fingerprint density at radius 2 is 2.29 bits per heavy atom. The van der Waals surface area contributed by atoms with E-state index in [2.05, 4.69) is 0 Å². The second-order valence-corrected chi connectivity index (χ2v) is 5.29. The highest BCUT2D eigenvalue weighted by Crippen LogP contribution is 2.48. The highest BCUT2D eigenvalue weighted by atomic mass is 32.1. The molecule has 0 aliphatic heterocycles. The zero-order chi connectivity index (χ0) is 12.7. The average molecular weight is 262 g/mol. The van der Waals surface area contributed by atoms with Gasteiger partial charge in [0.15, 0.2) is 5.60 Å². The van der Waals surface area contributed by atoms with Gasteiger partial charge >= 0.3 is 5.97 Å². The van der Waals surface area contributed by atoms with Gasteiger partial charge in [-0.2, -0.15) is 0 Å². The van der Waals surface area contributed by atoms with Gasteiger partial charge in [0.2, 0.25) is 5.92 Å². The van der Waals surface area contributed by atoms with Crippen molar-refractivity contribution in [3.05, 3.63) is 22.4 Å². The maximum absolute atomic E-state index is 13.1. The third-order valence-corrected chi connectivity index (χ3v) is 4.21. The Hall–Kier alpha value is -1.01. The summed E-state index contributed by atoms with van der Waals surface area (Å²) in [5, 5.41) is 21.0. The molecule has 1 fully saturated rings. The Morgan fingerprint density at radius 1 is 1.59 bits per heavy atom. The number of rotatable bonds is 3. The number of halogens is 2. The first-order valence-electron chi connectivity index (χ1n) is 5.24.